The van der Waals surface area contributed by atoms with Gasteiger partial charge in [-0.25, -0.2) is 0 Å². The highest BCUT2D eigenvalue weighted by Gasteiger charge is 2.65. The molecule has 6 fully saturated rings. The summed E-state index contributed by atoms with van der Waals surface area (Å²) in [5.41, 5.74) is 0.874. The van der Waals surface area contributed by atoms with E-state index in [1.165, 1.54) is 44.9 Å². The van der Waals surface area contributed by atoms with Crippen molar-refractivity contribution < 1.29 is 14.6 Å². The Morgan fingerprint density at radius 3 is 2.54 bits per heavy atom. The number of amides is 1. The summed E-state index contributed by atoms with van der Waals surface area (Å²) >= 11 is 0. The van der Waals surface area contributed by atoms with E-state index in [4.69, 9.17) is 4.74 Å². The van der Waals surface area contributed by atoms with Crippen LogP contribution in [-0.2, 0) is 9.53 Å². The summed E-state index contributed by atoms with van der Waals surface area (Å²) < 4.78 is 6.85. The third-order valence-electron chi connectivity index (χ3n) is 14.1. The van der Waals surface area contributed by atoms with Gasteiger partial charge in [-0.05, 0) is 124 Å². The summed E-state index contributed by atoms with van der Waals surface area (Å²) in [4.78, 5) is 17.7. The Morgan fingerprint density at radius 2 is 1.78 bits per heavy atom. The number of aliphatic hydroxyl groups excluding tert-OH is 1. The molecule has 1 amide bonds. The molecule has 6 rings (SSSR count). The third-order valence-corrected chi connectivity index (χ3v) is 14.1. The number of likely N-dealkylation sites (N-methyl/N-ethyl adjacent to an activating group) is 1. The maximum Gasteiger partial charge on any atom is 0.221 e. The lowest BCUT2D eigenvalue weighted by Gasteiger charge is -2.61. The number of hydrogen-bond acceptors (Lipinski definition) is 5. The first-order chi connectivity index (χ1) is 19.6. The summed E-state index contributed by atoms with van der Waals surface area (Å²) in [6.45, 7) is 15.6. The van der Waals surface area contributed by atoms with Crippen LogP contribution in [0.15, 0.2) is 0 Å². The van der Waals surface area contributed by atoms with Crippen LogP contribution in [0.2, 0.25) is 0 Å². The van der Waals surface area contributed by atoms with Crippen molar-refractivity contribution in [2.24, 2.45) is 52.3 Å². The number of nitrogens with zero attached hydrogens (tertiary/aromatic N) is 2. The van der Waals surface area contributed by atoms with Crippen molar-refractivity contribution in [1.29, 1.82) is 0 Å². The molecule has 4 saturated carbocycles. The zero-order valence-electron chi connectivity index (χ0n) is 27.0. The number of nitrogens with one attached hydrogen (secondary N) is 1. The monoisotopic (exact) mass is 571 g/mol. The molecule has 2 aliphatic heterocycles. The second kappa shape index (κ2) is 12.0. The Bertz CT molecular complexity index is 922. The van der Waals surface area contributed by atoms with Crippen LogP contribution in [-0.4, -0.2) is 85.4 Å². The summed E-state index contributed by atoms with van der Waals surface area (Å²) in [7, 11) is 2.19. The molecule has 2 heterocycles. The molecule has 6 aliphatic rings. The molecule has 0 spiro atoms. The fourth-order valence-corrected chi connectivity index (χ4v) is 11.6. The number of aliphatic hydroxyl groups is 1. The van der Waals surface area contributed by atoms with E-state index < -0.39 is 0 Å². The number of piperazine rings is 1. The number of ether oxygens (including phenoxy) is 1. The Morgan fingerprint density at radius 1 is 1.02 bits per heavy atom. The molecule has 234 valence electrons. The fourth-order valence-electron chi connectivity index (χ4n) is 11.6. The van der Waals surface area contributed by atoms with Gasteiger partial charge in [-0.15, -0.1) is 0 Å². The Balaban J connectivity index is 1.03. The smallest absolute Gasteiger partial charge is 0.221 e. The lowest BCUT2D eigenvalue weighted by Crippen LogP contribution is -2.55. The normalized spacial score (nSPS) is 47.2. The number of carbonyl (C=O) groups excluding carboxylic acids is 1. The highest BCUT2D eigenvalue weighted by molar-refractivity contribution is 5.76. The molecule has 4 aliphatic carbocycles. The maximum absolute atomic E-state index is 12.9. The molecule has 2 saturated heterocycles. The van der Waals surface area contributed by atoms with Crippen LogP contribution < -0.4 is 5.32 Å². The number of fused-ring (bicyclic) bond motifs is 7. The van der Waals surface area contributed by atoms with Crippen LogP contribution in [0.1, 0.15) is 98.3 Å². The molecule has 0 bridgehead atoms. The Hall–Kier alpha value is -0.690. The van der Waals surface area contributed by atoms with Crippen molar-refractivity contribution in [3.8, 4) is 0 Å². The largest absolute Gasteiger partial charge is 0.396 e. The van der Waals surface area contributed by atoms with Crippen molar-refractivity contribution in [3.05, 3.63) is 0 Å². The fraction of sp³-hybridized carbons (Fsp3) is 0.971. The van der Waals surface area contributed by atoms with Gasteiger partial charge in [0.25, 0.3) is 0 Å². The number of hydrogen-bond donors (Lipinski definition) is 2. The minimum Gasteiger partial charge on any atom is -0.396 e. The van der Waals surface area contributed by atoms with Gasteiger partial charge in [0.1, 0.15) is 0 Å². The molecule has 12 atom stereocenters. The van der Waals surface area contributed by atoms with Crippen molar-refractivity contribution in [3.63, 3.8) is 0 Å². The molecule has 0 aromatic heterocycles. The van der Waals surface area contributed by atoms with Crippen LogP contribution in [0.3, 0.4) is 0 Å². The van der Waals surface area contributed by atoms with Gasteiger partial charge in [-0.2, -0.15) is 0 Å². The van der Waals surface area contributed by atoms with Gasteiger partial charge >= 0.3 is 0 Å². The topological polar surface area (TPSA) is 65.0 Å². The van der Waals surface area contributed by atoms with Crippen molar-refractivity contribution >= 4 is 5.91 Å². The molecule has 5 unspecified atom stereocenters. The van der Waals surface area contributed by atoms with E-state index >= 15 is 0 Å². The molecule has 0 aromatic rings. The quantitative estimate of drug-likeness (QED) is 0.420. The lowest BCUT2D eigenvalue weighted by atomic mass is 9.44. The molecule has 41 heavy (non-hydrogen) atoms. The lowest BCUT2D eigenvalue weighted by molar-refractivity contribution is -0.128. The first-order valence-corrected chi connectivity index (χ1v) is 17.6. The van der Waals surface area contributed by atoms with E-state index in [0.717, 1.165) is 75.7 Å². The van der Waals surface area contributed by atoms with Crippen LogP contribution >= 0.6 is 0 Å². The highest BCUT2D eigenvalue weighted by Crippen LogP contribution is 2.70. The number of carbonyl (C=O) groups is 1. The van der Waals surface area contributed by atoms with Gasteiger partial charge in [-0.3, -0.25) is 4.79 Å². The maximum atomic E-state index is 12.9. The molecule has 0 aromatic carbocycles. The van der Waals surface area contributed by atoms with Gasteiger partial charge in [-0.1, -0.05) is 27.7 Å². The van der Waals surface area contributed by atoms with Crippen molar-refractivity contribution in [1.82, 2.24) is 15.1 Å². The Labute approximate surface area is 250 Å². The summed E-state index contributed by atoms with van der Waals surface area (Å²) in [5, 5.41) is 13.0. The van der Waals surface area contributed by atoms with Gasteiger partial charge in [0.05, 0.1) is 12.2 Å². The molecule has 2 N–H and O–H groups in total. The predicted octanol–water partition coefficient (Wildman–Crippen LogP) is 5.19. The van der Waals surface area contributed by atoms with E-state index in [-0.39, 0.29) is 5.91 Å². The molecule has 6 nitrogen and oxygen atoms in total. The predicted molar refractivity (Wildman–Crippen MR) is 164 cm³/mol. The second-order valence-corrected chi connectivity index (χ2v) is 16.3. The van der Waals surface area contributed by atoms with Crippen LogP contribution in [0.25, 0.3) is 0 Å². The van der Waals surface area contributed by atoms with E-state index in [0.29, 0.717) is 59.9 Å². The zero-order valence-corrected chi connectivity index (χ0v) is 27.0. The average molecular weight is 572 g/mol. The minimum atomic E-state index is 0.274. The SMILES string of the molecule is CC1[C@H]2C(CC3[C@@H]4CC[C@@H]5CC(NC(=O)CCN6CCN(C)CC6)CC[C@]5(C)C4CC[C@@]32C)O[C@@H]1CC[C@H](C)CO. The van der Waals surface area contributed by atoms with Gasteiger partial charge in [0.15, 0.2) is 0 Å². The van der Waals surface area contributed by atoms with Gasteiger partial charge < -0.3 is 25.0 Å². The van der Waals surface area contributed by atoms with E-state index in [1.54, 1.807) is 0 Å². The zero-order chi connectivity index (χ0) is 28.9. The minimum absolute atomic E-state index is 0.274. The molecular weight excluding hydrogens is 510 g/mol. The van der Waals surface area contributed by atoms with Crippen LogP contribution in [0, 0.1) is 52.3 Å². The molecular formula is C35H61N3O3. The van der Waals surface area contributed by atoms with Gasteiger partial charge in [0.2, 0.25) is 5.91 Å². The molecule has 0 radical (unpaired) electrons. The summed E-state index contributed by atoms with van der Waals surface area (Å²) in [6, 6.07) is 0.379. The van der Waals surface area contributed by atoms with E-state index in [9.17, 15) is 9.90 Å². The van der Waals surface area contributed by atoms with Crippen LogP contribution in [0.5, 0.6) is 0 Å². The average Bonchev–Trinajstić information content (AvgIpc) is 3.44. The van der Waals surface area contributed by atoms with Gasteiger partial charge in [0, 0.05) is 51.8 Å². The van der Waals surface area contributed by atoms with Crippen LogP contribution in [0.4, 0.5) is 0 Å². The summed E-state index contributed by atoms with van der Waals surface area (Å²) in [6.07, 6.45) is 14.1. The first-order valence-electron chi connectivity index (χ1n) is 17.6. The van der Waals surface area contributed by atoms with E-state index in [2.05, 4.69) is 49.9 Å². The third kappa shape index (κ3) is 5.66. The molecule has 6 heteroatoms. The number of rotatable bonds is 8. The van der Waals surface area contributed by atoms with Crippen molar-refractivity contribution in [2.75, 3.05) is 46.4 Å². The van der Waals surface area contributed by atoms with Crippen molar-refractivity contribution in [2.45, 2.75) is 117 Å². The second-order valence-electron chi connectivity index (χ2n) is 16.3. The standard InChI is InChI=1S/C35H61N3O3/c1-23(22-39)6-9-30-24(2)33-31(41-30)21-29-27-8-7-25-20-26(10-13-34(25,3)28(27)11-14-35(29,33)4)36-32(40)12-15-38-18-16-37(5)17-19-38/h23-31,33,39H,6-22H2,1-5H3,(H,36,40)/t23-,24?,25+,26?,27+,28?,29?,30+,31?,33-,34-,35-/m0/s1. The highest BCUT2D eigenvalue weighted by atomic mass is 16.5. The first kappa shape index (κ1) is 30.3. The Kier molecular flexibility index (Phi) is 8.89. The summed E-state index contributed by atoms with van der Waals surface area (Å²) in [5.74, 6) is 5.30. The van der Waals surface area contributed by atoms with E-state index in [1.807, 2.05) is 0 Å².